The summed E-state index contributed by atoms with van der Waals surface area (Å²) in [6, 6.07) is 21.3. The maximum absolute atomic E-state index is 10.7. The maximum Gasteiger partial charge on any atom is 0.227 e. The number of aromatic nitrogens is 2. The van der Waals surface area contributed by atoms with Crippen molar-refractivity contribution in [3.63, 3.8) is 0 Å². The number of aliphatic hydroxyl groups is 1. The molecule has 0 saturated carbocycles. The fraction of sp³-hybridized carbons (Fsp3) is 0.345. The fourth-order valence-electron chi connectivity index (χ4n) is 4.05. The summed E-state index contributed by atoms with van der Waals surface area (Å²) < 4.78 is 24.8. The number of benzene rings is 2. The molecular weight excluding hydrogens is 470 g/mol. The Morgan fingerprint density at radius 2 is 1.73 bits per heavy atom. The molecule has 2 aromatic carbocycles. The second kappa shape index (κ2) is 12.6. The van der Waals surface area contributed by atoms with E-state index in [4.69, 9.17) is 23.7 Å². The number of nitrogens with zero attached hydrogens (tertiary/aromatic N) is 3. The van der Waals surface area contributed by atoms with Crippen molar-refractivity contribution < 1.29 is 23.7 Å². The summed E-state index contributed by atoms with van der Waals surface area (Å²) in [5, 5.41) is 15.6. The lowest BCUT2D eigenvalue weighted by Gasteiger charge is -2.29. The molecule has 37 heavy (non-hydrogen) atoms. The maximum atomic E-state index is 10.7. The van der Waals surface area contributed by atoms with Crippen molar-refractivity contribution in [2.24, 2.45) is 0 Å². The van der Waals surface area contributed by atoms with E-state index >= 15 is 0 Å². The van der Waals surface area contributed by atoms with Crippen LogP contribution < -0.4 is 9.47 Å². The number of para-hydroxylation sites is 3. The van der Waals surface area contributed by atoms with Crippen LogP contribution in [-0.2, 0) is 17.9 Å². The quantitative estimate of drug-likeness (QED) is 0.262. The summed E-state index contributed by atoms with van der Waals surface area (Å²) in [7, 11) is 1.62. The van der Waals surface area contributed by atoms with Crippen LogP contribution in [0.25, 0.3) is 5.69 Å². The molecule has 0 unspecified atom stereocenters. The Bertz CT molecular complexity index is 1240. The molecule has 8 nitrogen and oxygen atoms in total. The van der Waals surface area contributed by atoms with Crippen molar-refractivity contribution in [2.45, 2.75) is 46.1 Å². The van der Waals surface area contributed by atoms with Crippen LogP contribution in [0.4, 0.5) is 0 Å². The van der Waals surface area contributed by atoms with Crippen LogP contribution in [0.1, 0.15) is 30.9 Å². The van der Waals surface area contributed by atoms with E-state index in [2.05, 4.69) is 18.7 Å². The lowest BCUT2D eigenvalue weighted by atomic mass is 10.2. The first kappa shape index (κ1) is 26.5. The van der Waals surface area contributed by atoms with Gasteiger partial charge >= 0.3 is 0 Å². The van der Waals surface area contributed by atoms with E-state index in [-0.39, 0.29) is 12.6 Å². The van der Waals surface area contributed by atoms with Gasteiger partial charge in [-0.1, -0.05) is 30.3 Å². The highest BCUT2D eigenvalue weighted by molar-refractivity contribution is 5.47. The molecule has 0 saturated heterocycles. The Hall–Kier alpha value is -3.59. The third-order valence-corrected chi connectivity index (χ3v) is 6.09. The lowest BCUT2D eigenvalue weighted by molar-refractivity contribution is -0.00128. The van der Waals surface area contributed by atoms with Crippen LogP contribution in [0.2, 0.25) is 0 Å². The number of furan rings is 1. The number of aliphatic hydroxyl groups excluding tert-OH is 1. The van der Waals surface area contributed by atoms with Gasteiger partial charge in [-0.25, -0.2) is 4.68 Å². The predicted molar refractivity (Wildman–Crippen MR) is 141 cm³/mol. The summed E-state index contributed by atoms with van der Waals surface area (Å²) in [6.07, 6.45) is 0.943. The zero-order valence-corrected chi connectivity index (χ0v) is 21.8. The molecule has 0 bridgehead atoms. The van der Waals surface area contributed by atoms with Gasteiger partial charge in [-0.2, -0.15) is 5.10 Å². The van der Waals surface area contributed by atoms with Crippen molar-refractivity contribution in [2.75, 3.05) is 20.3 Å². The number of hydrogen-bond acceptors (Lipinski definition) is 7. The van der Waals surface area contributed by atoms with E-state index in [1.54, 1.807) is 13.4 Å². The van der Waals surface area contributed by atoms with Gasteiger partial charge in [0.2, 0.25) is 5.88 Å². The second-order valence-electron chi connectivity index (χ2n) is 9.14. The standard InChI is InChI=1S/C29H35N3O5/c1-21(2)31(17-24(33)19-35-20-25-13-10-16-36-25)18-26-22(3)30-32(23-11-6-5-7-12-23)29(26)37-28-15-9-8-14-27(28)34-4/h5-16,21,24,33H,17-20H2,1-4H3/t24-/m1/s1. The molecule has 0 aliphatic carbocycles. The molecule has 0 spiro atoms. The highest BCUT2D eigenvalue weighted by Gasteiger charge is 2.24. The van der Waals surface area contributed by atoms with E-state index in [9.17, 15) is 5.11 Å². The topological polar surface area (TPSA) is 82.1 Å². The summed E-state index contributed by atoms with van der Waals surface area (Å²) in [6.45, 7) is 7.69. The highest BCUT2D eigenvalue weighted by Crippen LogP contribution is 2.36. The van der Waals surface area contributed by atoms with Gasteiger partial charge in [0.25, 0.3) is 0 Å². The number of ether oxygens (including phenoxy) is 3. The minimum Gasteiger partial charge on any atom is -0.493 e. The Labute approximate surface area is 218 Å². The molecule has 0 aliphatic heterocycles. The van der Waals surface area contributed by atoms with Crippen LogP contribution >= 0.6 is 0 Å². The highest BCUT2D eigenvalue weighted by atomic mass is 16.5. The summed E-state index contributed by atoms with van der Waals surface area (Å²) in [4.78, 5) is 2.19. The van der Waals surface area contributed by atoms with E-state index in [1.807, 2.05) is 78.3 Å². The molecule has 0 fully saturated rings. The Morgan fingerprint density at radius 3 is 2.41 bits per heavy atom. The van der Waals surface area contributed by atoms with Crippen LogP contribution in [0.3, 0.4) is 0 Å². The van der Waals surface area contributed by atoms with E-state index in [0.29, 0.717) is 37.1 Å². The van der Waals surface area contributed by atoms with Crippen molar-refractivity contribution in [3.05, 3.63) is 90.0 Å². The number of rotatable bonds is 13. The Kier molecular flexibility index (Phi) is 9.00. The van der Waals surface area contributed by atoms with Gasteiger partial charge in [-0.3, -0.25) is 4.90 Å². The molecular formula is C29H35N3O5. The normalized spacial score (nSPS) is 12.3. The largest absolute Gasteiger partial charge is 0.493 e. The van der Waals surface area contributed by atoms with Gasteiger partial charge in [0.15, 0.2) is 11.5 Å². The number of aryl methyl sites for hydroxylation is 1. The van der Waals surface area contributed by atoms with Crippen molar-refractivity contribution in [3.8, 4) is 23.1 Å². The first-order valence-corrected chi connectivity index (χ1v) is 12.4. The third-order valence-electron chi connectivity index (χ3n) is 6.09. The van der Waals surface area contributed by atoms with Crippen LogP contribution in [0.15, 0.2) is 77.4 Å². The smallest absolute Gasteiger partial charge is 0.227 e. The summed E-state index contributed by atoms with van der Waals surface area (Å²) >= 11 is 0. The number of hydrogen-bond donors (Lipinski definition) is 1. The molecule has 8 heteroatoms. The lowest BCUT2D eigenvalue weighted by Crippen LogP contribution is -2.39. The van der Waals surface area contributed by atoms with Gasteiger partial charge in [0, 0.05) is 19.1 Å². The molecule has 1 atom stereocenters. The monoisotopic (exact) mass is 505 g/mol. The second-order valence-corrected chi connectivity index (χ2v) is 9.14. The molecule has 2 heterocycles. The Balaban J connectivity index is 1.58. The first-order chi connectivity index (χ1) is 18.0. The van der Waals surface area contributed by atoms with E-state index < -0.39 is 6.10 Å². The Morgan fingerprint density at radius 1 is 1.00 bits per heavy atom. The summed E-state index contributed by atoms with van der Waals surface area (Å²) in [5.74, 6) is 2.58. The van der Waals surface area contributed by atoms with Crippen molar-refractivity contribution >= 4 is 0 Å². The third kappa shape index (κ3) is 6.80. The molecule has 1 N–H and O–H groups in total. The van der Waals surface area contributed by atoms with Crippen LogP contribution in [0.5, 0.6) is 17.4 Å². The predicted octanol–water partition coefficient (Wildman–Crippen LogP) is 5.36. The molecule has 2 aromatic heterocycles. The fourth-order valence-corrected chi connectivity index (χ4v) is 4.05. The van der Waals surface area contributed by atoms with Crippen molar-refractivity contribution in [1.82, 2.24) is 14.7 Å². The van der Waals surface area contributed by atoms with Gasteiger partial charge in [-0.05, 0) is 57.2 Å². The van der Waals surface area contributed by atoms with Gasteiger partial charge in [-0.15, -0.1) is 0 Å². The minimum atomic E-state index is -0.666. The molecule has 0 aliphatic rings. The zero-order valence-electron chi connectivity index (χ0n) is 21.8. The van der Waals surface area contributed by atoms with Crippen LogP contribution in [-0.4, -0.2) is 52.2 Å². The zero-order chi connectivity index (χ0) is 26.2. The van der Waals surface area contributed by atoms with Crippen molar-refractivity contribution in [1.29, 1.82) is 0 Å². The van der Waals surface area contributed by atoms with Crippen LogP contribution in [0, 0.1) is 6.92 Å². The van der Waals surface area contributed by atoms with E-state index in [0.717, 1.165) is 22.7 Å². The minimum absolute atomic E-state index is 0.165. The number of methoxy groups -OCH3 is 1. The average Bonchev–Trinajstić information content (AvgIpc) is 3.53. The molecule has 4 aromatic rings. The first-order valence-electron chi connectivity index (χ1n) is 12.4. The van der Waals surface area contributed by atoms with Gasteiger partial charge < -0.3 is 23.7 Å². The van der Waals surface area contributed by atoms with E-state index in [1.165, 1.54) is 0 Å². The SMILES string of the molecule is COc1ccccc1Oc1c(CN(C[C@@H](O)COCc2ccco2)C(C)C)c(C)nn1-c1ccccc1. The molecule has 4 rings (SSSR count). The van der Waals surface area contributed by atoms with Gasteiger partial charge in [0.05, 0.1) is 43.0 Å². The average molecular weight is 506 g/mol. The van der Waals surface area contributed by atoms with Gasteiger partial charge in [0.1, 0.15) is 12.4 Å². The summed E-state index contributed by atoms with van der Waals surface area (Å²) in [5.41, 5.74) is 2.68. The molecule has 0 amide bonds. The molecule has 0 radical (unpaired) electrons. The molecule has 196 valence electrons.